The van der Waals surface area contributed by atoms with E-state index in [1.165, 1.54) is 0 Å². The van der Waals surface area contributed by atoms with Crippen molar-refractivity contribution in [1.82, 2.24) is 0 Å². The molecule has 0 amide bonds. The van der Waals surface area contributed by atoms with Gasteiger partial charge in [0.15, 0.2) is 0 Å². The van der Waals surface area contributed by atoms with E-state index in [1.54, 1.807) is 12.1 Å². The van der Waals surface area contributed by atoms with Gasteiger partial charge in [-0.1, -0.05) is 29.8 Å². The highest BCUT2D eigenvalue weighted by Gasteiger charge is 2.20. The Labute approximate surface area is 122 Å². The molecule has 0 saturated heterocycles. The van der Waals surface area contributed by atoms with Crippen LogP contribution in [0.3, 0.4) is 0 Å². The highest BCUT2D eigenvalue weighted by Crippen LogP contribution is 2.34. The number of hydrogen-bond acceptors (Lipinski definition) is 3. The number of para-hydroxylation sites is 1. The summed E-state index contributed by atoms with van der Waals surface area (Å²) in [5.41, 5.74) is 2.52. The van der Waals surface area contributed by atoms with E-state index in [2.05, 4.69) is 17.5 Å². The number of anilines is 1. The third-order valence-corrected chi connectivity index (χ3v) is 3.72. The molecule has 20 heavy (non-hydrogen) atoms. The van der Waals surface area contributed by atoms with Gasteiger partial charge >= 0.3 is 0 Å². The highest BCUT2D eigenvalue weighted by molar-refractivity contribution is 6.31. The first-order valence-electron chi connectivity index (χ1n) is 6.46. The molecule has 2 aromatic rings. The molecule has 1 aliphatic heterocycles. The third-order valence-electron chi connectivity index (χ3n) is 3.39. The summed E-state index contributed by atoms with van der Waals surface area (Å²) < 4.78 is 5.64. The predicted molar refractivity (Wildman–Crippen MR) is 79.1 cm³/mol. The number of halogens is 1. The molecule has 100 valence electrons. The van der Waals surface area contributed by atoms with Crippen LogP contribution in [0.4, 0.5) is 5.69 Å². The molecule has 3 nitrogen and oxygen atoms in total. The fourth-order valence-corrected chi connectivity index (χ4v) is 2.55. The molecule has 0 radical (unpaired) electrons. The van der Waals surface area contributed by atoms with Crippen molar-refractivity contribution in [3.05, 3.63) is 58.6 Å². The van der Waals surface area contributed by atoms with Gasteiger partial charge in [0, 0.05) is 17.7 Å². The molecular weight excluding hydrogens is 272 g/mol. The monoisotopic (exact) mass is 284 g/mol. The molecule has 1 unspecified atom stereocenters. The minimum Gasteiger partial charge on any atom is -0.493 e. The van der Waals surface area contributed by atoms with E-state index in [4.69, 9.17) is 21.6 Å². The van der Waals surface area contributed by atoms with Gasteiger partial charge in [-0.25, -0.2) is 0 Å². The lowest BCUT2D eigenvalue weighted by Crippen LogP contribution is -2.20. The predicted octanol–water partition coefficient (Wildman–Crippen LogP) is 4.15. The van der Waals surface area contributed by atoms with E-state index < -0.39 is 0 Å². The molecule has 1 heterocycles. The molecular formula is C16H13ClN2O. The third kappa shape index (κ3) is 2.43. The standard InChI is InChI=1S/C16H13ClN2O/c17-14-6-5-12(9-11(14)10-18)19-15-7-8-20-16-4-2-1-3-13(15)16/h1-6,9,15,19H,7-8H2. The lowest BCUT2D eigenvalue weighted by atomic mass is 10.00. The summed E-state index contributed by atoms with van der Waals surface area (Å²) in [6.07, 6.45) is 0.890. The Kier molecular flexibility index (Phi) is 3.49. The van der Waals surface area contributed by atoms with Gasteiger partial charge in [0.05, 0.1) is 23.2 Å². The van der Waals surface area contributed by atoms with Crippen LogP contribution in [-0.4, -0.2) is 6.61 Å². The van der Waals surface area contributed by atoms with Crippen LogP contribution in [-0.2, 0) is 0 Å². The van der Waals surface area contributed by atoms with Gasteiger partial charge in [-0.05, 0) is 24.3 Å². The van der Waals surface area contributed by atoms with Crippen LogP contribution in [0.15, 0.2) is 42.5 Å². The summed E-state index contributed by atoms with van der Waals surface area (Å²) in [5.74, 6) is 0.922. The number of nitrogens with zero attached hydrogens (tertiary/aromatic N) is 1. The SMILES string of the molecule is N#Cc1cc(NC2CCOc3ccccc32)ccc1Cl. The van der Waals surface area contributed by atoms with Gasteiger partial charge in [0.25, 0.3) is 0 Å². The zero-order valence-corrected chi connectivity index (χ0v) is 11.5. The molecule has 0 saturated carbocycles. The van der Waals surface area contributed by atoms with Gasteiger partial charge in [-0.3, -0.25) is 0 Å². The zero-order valence-electron chi connectivity index (χ0n) is 10.8. The van der Waals surface area contributed by atoms with Crippen molar-refractivity contribution < 1.29 is 4.74 Å². The maximum Gasteiger partial charge on any atom is 0.124 e. The Morgan fingerprint density at radius 3 is 2.95 bits per heavy atom. The van der Waals surface area contributed by atoms with Crippen molar-refractivity contribution in [2.75, 3.05) is 11.9 Å². The Hall–Kier alpha value is -2.18. The first kappa shape index (κ1) is 12.8. The van der Waals surface area contributed by atoms with E-state index >= 15 is 0 Å². The van der Waals surface area contributed by atoms with Crippen LogP contribution in [0.5, 0.6) is 5.75 Å². The fraction of sp³-hybridized carbons (Fsp3) is 0.188. The normalized spacial score (nSPS) is 16.7. The van der Waals surface area contributed by atoms with Crippen molar-refractivity contribution >= 4 is 17.3 Å². The molecule has 3 rings (SSSR count). The molecule has 0 spiro atoms. The Morgan fingerprint density at radius 1 is 1.25 bits per heavy atom. The molecule has 1 aliphatic rings. The smallest absolute Gasteiger partial charge is 0.124 e. The Bertz CT molecular complexity index is 678. The number of benzene rings is 2. The average molecular weight is 285 g/mol. The van der Waals surface area contributed by atoms with Gasteiger partial charge in [0.1, 0.15) is 11.8 Å². The molecule has 0 aliphatic carbocycles. The van der Waals surface area contributed by atoms with Gasteiger partial charge < -0.3 is 10.1 Å². The number of ether oxygens (including phenoxy) is 1. The second kappa shape index (κ2) is 5.44. The first-order chi connectivity index (χ1) is 9.78. The molecule has 0 aromatic heterocycles. The topological polar surface area (TPSA) is 45.0 Å². The van der Waals surface area contributed by atoms with Crippen molar-refractivity contribution in [1.29, 1.82) is 5.26 Å². The number of fused-ring (bicyclic) bond motifs is 1. The summed E-state index contributed by atoms with van der Waals surface area (Å²) in [5, 5.41) is 13.0. The van der Waals surface area contributed by atoms with Crippen LogP contribution in [0.25, 0.3) is 0 Å². The van der Waals surface area contributed by atoms with E-state index in [1.807, 2.05) is 24.3 Å². The van der Waals surface area contributed by atoms with Crippen LogP contribution in [0.2, 0.25) is 5.02 Å². The second-order valence-corrected chi connectivity index (χ2v) is 5.09. The Morgan fingerprint density at radius 2 is 2.10 bits per heavy atom. The van der Waals surface area contributed by atoms with Crippen molar-refractivity contribution in [2.45, 2.75) is 12.5 Å². The quantitative estimate of drug-likeness (QED) is 0.901. The minimum atomic E-state index is 0.188. The number of rotatable bonds is 2. The highest BCUT2D eigenvalue weighted by atomic mass is 35.5. The van der Waals surface area contributed by atoms with E-state index in [0.717, 1.165) is 23.4 Å². The largest absolute Gasteiger partial charge is 0.493 e. The van der Waals surface area contributed by atoms with Gasteiger partial charge in [-0.15, -0.1) is 0 Å². The van der Waals surface area contributed by atoms with E-state index in [0.29, 0.717) is 17.2 Å². The number of nitrogens with one attached hydrogen (secondary N) is 1. The lowest BCUT2D eigenvalue weighted by Gasteiger charge is -2.27. The van der Waals surface area contributed by atoms with Crippen molar-refractivity contribution in [3.8, 4) is 11.8 Å². The molecule has 0 fully saturated rings. The maximum atomic E-state index is 9.02. The summed E-state index contributed by atoms with van der Waals surface area (Å²) in [7, 11) is 0. The van der Waals surface area contributed by atoms with Crippen LogP contribution in [0, 0.1) is 11.3 Å². The number of nitriles is 1. The van der Waals surface area contributed by atoms with Gasteiger partial charge in [-0.2, -0.15) is 5.26 Å². The average Bonchev–Trinajstić information content (AvgIpc) is 2.49. The van der Waals surface area contributed by atoms with Crippen molar-refractivity contribution in [2.24, 2.45) is 0 Å². The summed E-state index contributed by atoms with van der Waals surface area (Å²) in [6, 6.07) is 15.7. The zero-order chi connectivity index (χ0) is 13.9. The minimum absolute atomic E-state index is 0.188. The molecule has 2 aromatic carbocycles. The number of hydrogen-bond donors (Lipinski definition) is 1. The van der Waals surface area contributed by atoms with Crippen LogP contribution in [0.1, 0.15) is 23.6 Å². The maximum absolute atomic E-state index is 9.02. The Balaban J connectivity index is 1.88. The van der Waals surface area contributed by atoms with E-state index in [9.17, 15) is 0 Å². The summed E-state index contributed by atoms with van der Waals surface area (Å²) in [6.45, 7) is 0.688. The molecule has 1 atom stereocenters. The van der Waals surface area contributed by atoms with E-state index in [-0.39, 0.29) is 6.04 Å². The molecule has 4 heteroatoms. The second-order valence-electron chi connectivity index (χ2n) is 4.68. The fourth-order valence-electron chi connectivity index (χ4n) is 2.39. The summed E-state index contributed by atoms with van der Waals surface area (Å²) >= 11 is 5.95. The van der Waals surface area contributed by atoms with Gasteiger partial charge in [0.2, 0.25) is 0 Å². The summed E-state index contributed by atoms with van der Waals surface area (Å²) in [4.78, 5) is 0. The molecule has 0 bridgehead atoms. The molecule has 1 N–H and O–H groups in total. The first-order valence-corrected chi connectivity index (χ1v) is 6.83. The lowest BCUT2D eigenvalue weighted by molar-refractivity contribution is 0.274. The van der Waals surface area contributed by atoms with Crippen molar-refractivity contribution in [3.63, 3.8) is 0 Å². The van der Waals surface area contributed by atoms with Crippen LogP contribution >= 0.6 is 11.6 Å². The van der Waals surface area contributed by atoms with Crippen LogP contribution < -0.4 is 10.1 Å².